The van der Waals surface area contributed by atoms with Gasteiger partial charge in [0.1, 0.15) is 5.75 Å². The maximum absolute atomic E-state index is 12.8. The SMILES string of the molecule is COc1ccc(S(=O)(=O)N2CCOCC2)cc1NC(=O)CO/N=C/c1ccccc1. The molecule has 0 saturated carbocycles. The highest BCUT2D eigenvalue weighted by molar-refractivity contribution is 7.89. The Morgan fingerprint density at radius 2 is 1.93 bits per heavy atom. The van der Waals surface area contributed by atoms with Gasteiger partial charge in [0.2, 0.25) is 10.0 Å². The second-order valence-corrected chi connectivity index (χ2v) is 8.28. The fraction of sp³-hybridized carbons (Fsp3) is 0.300. The average Bonchev–Trinajstić information content (AvgIpc) is 2.78. The van der Waals surface area contributed by atoms with Crippen molar-refractivity contribution in [3.05, 3.63) is 54.1 Å². The quantitative estimate of drug-likeness (QED) is 0.502. The van der Waals surface area contributed by atoms with Gasteiger partial charge in [-0.2, -0.15) is 4.31 Å². The van der Waals surface area contributed by atoms with Crippen LogP contribution in [0.5, 0.6) is 5.75 Å². The lowest BCUT2D eigenvalue weighted by atomic mass is 10.2. The lowest BCUT2D eigenvalue weighted by Gasteiger charge is -2.26. The van der Waals surface area contributed by atoms with E-state index in [1.807, 2.05) is 30.3 Å². The van der Waals surface area contributed by atoms with Gasteiger partial charge in [0.05, 0.1) is 37.1 Å². The van der Waals surface area contributed by atoms with Crippen molar-refractivity contribution < 1.29 is 27.5 Å². The first-order valence-electron chi connectivity index (χ1n) is 9.27. The van der Waals surface area contributed by atoms with Crippen LogP contribution in [0.4, 0.5) is 5.69 Å². The van der Waals surface area contributed by atoms with Crippen LogP contribution in [0.15, 0.2) is 58.6 Å². The van der Waals surface area contributed by atoms with Crippen molar-refractivity contribution in [1.82, 2.24) is 4.31 Å². The Morgan fingerprint density at radius 3 is 2.63 bits per heavy atom. The van der Waals surface area contributed by atoms with Crippen molar-refractivity contribution in [2.75, 3.05) is 45.3 Å². The summed E-state index contributed by atoms with van der Waals surface area (Å²) in [6.07, 6.45) is 1.49. The molecular formula is C20H23N3O6S. The lowest BCUT2D eigenvalue weighted by molar-refractivity contribution is -0.120. The molecule has 0 radical (unpaired) electrons. The number of anilines is 1. The normalized spacial score (nSPS) is 15.1. The smallest absolute Gasteiger partial charge is 0.265 e. The second kappa shape index (κ2) is 10.2. The van der Waals surface area contributed by atoms with E-state index in [1.54, 1.807) is 0 Å². The van der Waals surface area contributed by atoms with Crippen LogP contribution in [0.3, 0.4) is 0 Å². The molecule has 1 fully saturated rings. The van der Waals surface area contributed by atoms with Gasteiger partial charge in [-0.05, 0) is 23.8 Å². The van der Waals surface area contributed by atoms with E-state index in [1.165, 1.54) is 35.8 Å². The van der Waals surface area contributed by atoms with E-state index in [9.17, 15) is 13.2 Å². The summed E-state index contributed by atoms with van der Waals surface area (Å²) in [5, 5.41) is 6.36. The first kappa shape index (κ1) is 21.8. The Balaban J connectivity index is 1.66. The van der Waals surface area contributed by atoms with Crippen molar-refractivity contribution in [2.24, 2.45) is 5.16 Å². The summed E-state index contributed by atoms with van der Waals surface area (Å²) >= 11 is 0. The van der Waals surface area contributed by atoms with Crippen molar-refractivity contribution in [3.63, 3.8) is 0 Å². The molecule has 0 aromatic heterocycles. The highest BCUT2D eigenvalue weighted by Crippen LogP contribution is 2.29. The van der Waals surface area contributed by atoms with E-state index in [0.717, 1.165) is 5.56 Å². The van der Waals surface area contributed by atoms with E-state index in [4.69, 9.17) is 14.3 Å². The molecule has 0 spiro atoms. The number of nitrogens with zero attached hydrogens (tertiary/aromatic N) is 2. The number of oxime groups is 1. The largest absolute Gasteiger partial charge is 0.495 e. The Hall–Kier alpha value is -2.95. The van der Waals surface area contributed by atoms with Crippen molar-refractivity contribution in [1.29, 1.82) is 0 Å². The molecule has 10 heteroatoms. The minimum absolute atomic E-state index is 0.0588. The molecule has 0 aliphatic carbocycles. The molecule has 1 aliphatic rings. The van der Waals surface area contributed by atoms with E-state index >= 15 is 0 Å². The number of sulfonamides is 1. The van der Waals surface area contributed by atoms with Crippen LogP contribution in [-0.4, -0.2) is 64.9 Å². The fourth-order valence-corrected chi connectivity index (χ4v) is 4.24. The summed E-state index contributed by atoms with van der Waals surface area (Å²) < 4.78 is 37.5. The van der Waals surface area contributed by atoms with Gasteiger partial charge in [0, 0.05) is 13.1 Å². The summed E-state index contributed by atoms with van der Waals surface area (Å²) in [6.45, 7) is 0.916. The third-order valence-electron chi connectivity index (χ3n) is 4.32. The van der Waals surface area contributed by atoms with Crippen LogP contribution in [0.2, 0.25) is 0 Å². The molecule has 2 aromatic rings. The standard InChI is InChI=1S/C20H23N3O6S/c1-27-19-8-7-17(30(25,26)23-9-11-28-12-10-23)13-18(19)22-20(24)15-29-21-14-16-5-3-2-4-6-16/h2-8,13-14H,9-12,15H2,1H3,(H,22,24)/b21-14+. The number of hydrogen-bond donors (Lipinski definition) is 1. The van der Waals surface area contributed by atoms with Crippen molar-refractivity contribution in [3.8, 4) is 5.75 Å². The fourth-order valence-electron chi connectivity index (χ4n) is 2.80. The first-order chi connectivity index (χ1) is 14.5. The van der Waals surface area contributed by atoms with Gasteiger partial charge >= 0.3 is 0 Å². The number of nitrogens with one attached hydrogen (secondary N) is 1. The Labute approximate surface area is 175 Å². The van der Waals surface area contributed by atoms with Crippen LogP contribution < -0.4 is 10.1 Å². The number of rotatable bonds is 8. The third-order valence-corrected chi connectivity index (χ3v) is 6.22. The summed E-state index contributed by atoms with van der Waals surface area (Å²) in [6, 6.07) is 13.6. The minimum Gasteiger partial charge on any atom is -0.495 e. The molecule has 1 amide bonds. The van der Waals surface area contributed by atoms with Gasteiger partial charge in [-0.25, -0.2) is 8.42 Å². The summed E-state index contributed by atoms with van der Waals surface area (Å²) in [7, 11) is -2.27. The molecule has 3 rings (SSSR count). The zero-order valence-electron chi connectivity index (χ0n) is 16.5. The predicted octanol–water partition coefficient (Wildman–Crippen LogP) is 1.71. The molecular weight excluding hydrogens is 410 g/mol. The molecule has 1 saturated heterocycles. The Kier molecular flexibility index (Phi) is 7.39. The number of hydrogen-bond acceptors (Lipinski definition) is 7. The highest BCUT2D eigenvalue weighted by atomic mass is 32.2. The van der Waals surface area contributed by atoms with Gasteiger partial charge in [-0.3, -0.25) is 4.79 Å². The van der Waals surface area contributed by atoms with E-state index in [0.29, 0.717) is 19.0 Å². The number of benzene rings is 2. The van der Waals surface area contributed by atoms with Crippen LogP contribution in [-0.2, 0) is 24.4 Å². The predicted molar refractivity (Wildman–Crippen MR) is 111 cm³/mol. The minimum atomic E-state index is -3.71. The number of ether oxygens (including phenoxy) is 2. The van der Waals surface area contributed by atoms with Gasteiger partial charge in [-0.15, -0.1) is 0 Å². The van der Waals surface area contributed by atoms with Crippen molar-refractivity contribution >= 4 is 27.8 Å². The monoisotopic (exact) mass is 433 g/mol. The van der Waals surface area contributed by atoms with Crippen molar-refractivity contribution in [2.45, 2.75) is 4.90 Å². The van der Waals surface area contributed by atoms with E-state index in [-0.39, 0.29) is 30.3 Å². The first-order valence-corrected chi connectivity index (χ1v) is 10.7. The number of morpholine rings is 1. The topological polar surface area (TPSA) is 107 Å². The summed E-state index contributed by atoms with van der Waals surface area (Å²) in [5.41, 5.74) is 1.06. The average molecular weight is 433 g/mol. The number of methoxy groups -OCH3 is 1. The van der Waals surface area contributed by atoms with Gasteiger partial charge < -0.3 is 19.6 Å². The Morgan fingerprint density at radius 1 is 1.20 bits per heavy atom. The molecule has 30 heavy (non-hydrogen) atoms. The lowest BCUT2D eigenvalue weighted by Crippen LogP contribution is -2.40. The highest BCUT2D eigenvalue weighted by Gasteiger charge is 2.27. The zero-order chi connectivity index (χ0) is 21.4. The molecule has 1 N–H and O–H groups in total. The molecule has 0 bridgehead atoms. The molecule has 1 heterocycles. The van der Waals surface area contributed by atoms with E-state index in [2.05, 4.69) is 10.5 Å². The van der Waals surface area contributed by atoms with E-state index < -0.39 is 15.9 Å². The number of carbonyl (C=O) groups excluding carboxylic acids is 1. The zero-order valence-corrected chi connectivity index (χ0v) is 17.3. The maximum Gasteiger partial charge on any atom is 0.265 e. The van der Waals surface area contributed by atoms with Gasteiger partial charge in [-0.1, -0.05) is 35.5 Å². The van der Waals surface area contributed by atoms with Crippen LogP contribution in [0, 0.1) is 0 Å². The van der Waals surface area contributed by atoms with Gasteiger partial charge in [0.25, 0.3) is 5.91 Å². The molecule has 0 atom stereocenters. The Bertz CT molecular complexity index is 989. The van der Waals surface area contributed by atoms with Crippen LogP contribution in [0.25, 0.3) is 0 Å². The number of carbonyl (C=O) groups is 1. The summed E-state index contributed by atoms with van der Waals surface area (Å²) in [4.78, 5) is 17.3. The molecule has 0 unspecified atom stereocenters. The van der Waals surface area contributed by atoms with Crippen LogP contribution >= 0.6 is 0 Å². The molecule has 9 nitrogen and oxygen atoms in total. The molecule has 160 valence electrons. The van der Waals surface area contributed by atoms with Crippen LogP contribution in [0.1, 0.15) is 5.56 Å². The molecule has 1 aliphatic heterocycles. The van der Waals surface area contributed by atoms with Gasteiger partial charge in [0.15, 0.2) is 6.61 Å². The maximum atomic E-state index is 12.8. The second-order valence-electron chi connectivity index (χ2n) is 6.35. The number of amides is 1. The molecule has 2 aromatic carbocycles. The third kappa shape index (κ3) is 5.56. The summed E-state index contributed by atoms with van der Waals surface area (Å²) in [5.74, 6) is -0.170.